The second-order valence-corrected chi connectivity index (χ2v) is 7.55. The van der Waals surface area contributed by atoms with Gasteiger partial charge < -0.3 is 20.2 Å². The van der Waals surface area contributed by atoms with Crippen LogP contribution in [0.2, 0.25) is 5.02 Å². The van der Waals surface area contributed by atoms with Crippen molar-refractivity contribution in [1.82, 2.24) is 10.2 Å². The number of rotatable bonds is 4. The molecule has 1 unspecified atom stereocenters. The molecular weight excluding hydrogens is 463 g/mol. The van der Waals surface area contributed by atoms with Gasteiger partial charge >= 0.3 is 0 Å². The van der Waals surface area contributed by atoms with Crippen molar-refractivity contribution in [2.45, 2.75) is 32.8 Å². The van der Waals surface area contributed by atoms with Gasteiger partial charge in [0.2, 0.25) is 0 Å². The molecule has 7 heteroatoms. The summed E-state index contributed by atoms with van der Waals surface area (Å²) in [5, 5.41) is 13.9. The fourth-order valence-electron chi connectivity index (χ4n) is 3.70. The highest BCUT2D eigenvalue weighted by Crippen LogP contribution is 2.29. The summed E-state index contributed by atoms with van der Waals surface area (Å²) in [4.78, 5) is 9.44. The van der Waals surface area contributed by atoms with Gasteiger partial charge in [0.05, 0.1) is 6.10 Å². The summed E-state index contributed by atoms with van der Waals surface area (Å²) in [7, 11) is 0. The number of nitrogens with zero attached hydrogens (tertiary/aromatic N) is 3. The molecule has 0 aromatic heterocycles. The molecular formula is C19H30ClIN4O. The molecule has 0 saturated carbocycles. The van der Waals surface area contributed by atoms with E-state index in [0.717, 1.165) is 56.5 Å². The third kappa shape index (κ3) is 5.39. The zero-order valence-electron chi connectivity index (χ0n) is 15.6. The summed E-state index contributed by atoms with van der Waals surface area (Å²) >= 11 is 6.17. The molecule has 0 amide bonds. The molecule has 0 radical (unpaired) electrons. The number of hydrogen-bond acceptors (Lipinski definition) is 3. The minimum absolute atomic E-state index is 0. The number of aliphatic hydroxyl groups excluding tert-OH is 1. The Balaban J connectivity index is 0.00000243. The summed E-state index contributed by atoms with van der Waals surface area (Å²) in [5.41, 5.74) is 2.52. The van der Waals surface area contributed by atoms with Crippen LogP contribution in [0.4, 0.5) is 5.69 Å². The first-order valence-corrected chi connectivity index (χ1v) is 9.67. The van der Waals surface area contributed by atoms with Crippen molar-refractivity contribution in [3.05, 3.63) is 28.8 Å². The molecule has 3 rings (SSSR count). The molecule has 0 bridgehead atoms. The summed E-state index contributed by atoms with van der Waals surface area (Å²) < 4.78 is 0. The average Bonchev–Trinajstić information content (AvgIpc) is 3.23. The van der Waals surface area contributed by atoms with Crippen LogP contribution in [-0.2, 0) is 0 Å². The van der Waals surface area contributed by atoms with E-state index in [4.69, 9.17) is 16.6 Å². The lowest BCUT2D eigenvalue weighted by atomic mass is 10.1. The van der Waals surface area contributed by atoms with Crippen molar-refractivity contribution in [2.75, 3.05) is 44.2 Å². The minimum Gasteiger partial charge on any atom is -0.391 e. The summed E-state index contributed by atoms with van der Waals surface area (Å²) in [6.07, 6.45) is 1.75. The molecule has 26 heavy (non-hydrogen) atoms. The molecule has 2 heterocycles. The molecule has 146 valence electrons. The van der Waals surface area contributed by atoms with Gasteiger partial charge in [-0.3, -0.25) is 4.99 Å². The van der Waals surface area contributed by atoms with E-state index in [1.165, 1.54) is 11.3 Å². The molecule has 0 aliphatic carbocycles. The van der Waals surface area contributed by atoms with Crippen molar-refractivity contribution in [3.8, 4) is 0 Å². The van der Waals surface area contributed by atoms with Crippen molar-refractivity contribution in [2.24, 2.45) is 10.9 Å². The molecule has 0 spiro atoms. The van der Waals surface area contributed by atoms with Crippen molar-refractivity contribution < 1.29 is 5.11 Å². The Bertz CT molecular complexity index is 628. The standard InChI is InChI=1S/C19H29ClN4O.HI/c1-3-21-19(24-9-7-17(25)13-24)22-11-15-6-8-23(12-15)18-10-16(20)5-4-14(18)2;/h4-5,10,15,17,25H,3,6-9,11-13H2,1-2H3,(H,21,22);1H/t15?,17-;/m1./s1. The summed E-state index contributed by atoms with van der Waals surface area (Å²) in [6, 6.07) is 6.11. The highest BCUT2D eigenvalue weighted by molar-refractivity contribution is 14.0. The van der Waals surface area contributed by atoms with Gasteiger partial charge in [0.25, 0.3) is 0 Å². The van der Waals surface area contributed by atoms with E-state index in [1.807, 2.05) is 6.07 Å². The van der Waals surface area contributed by atoms with E-state index in [9.17, 15) is 5.11 Å². The van der Waals surface area contributed by atoms with Crippen LogP contribution in [-0.4, -0.2) is 61.3 Å². The number of nitrogens with one attached hydrogen (secondary N) is 1. The lowest BCUT2D eigenvalue weighted by molar-refractivity contribution is 0.187. The van der Waals surface area contributed by atoms with E-state index >= 15 is 0 Å². The average molecular weight is 493 g/mol. The maximum absolute atomic E-state index is 9.76. The predicted octanol–water partition coefficient (Wildman–Crippen LogP) is 3.12. The van der Waals surface area contributed by atoms with Crippen LogP contribution >= 0.6 is 35.6 Å². The molecule has 2 aliphatic heterocycles. The highest BCUT2D eigenvalue weighted by Gasteiger charge is 2.26. The Kier molecular flexibility index (Phi) is 8.29. The van der Waals surface area contributed by atoms with E-state index in [2.05, 4.69) is 41.1 Å². The fourth-order valence-corrected chi connectivity index (χ4v) is 3.87. The second kappa shape index (κ2) is 9.99. The number of benzene rings is 1. The molecule has 2 saturated heterocycles. The van der Waals surface area contributed by atoms with Gasteiger partial charge in [0, 0.05) is 50.0 Å². The van der Waals surface area contributed by atoms with Gasteiger partial charge in [-0.1, -0.05) is 17.7 Å². The normalized spacial score (nSPS) is 23.3. The van der Waals surface area contributed by atoms with Gasteiger partial charge in [0.1, 0.15) is 0 Å². The van der Waals surface area contributed by atoms with E-state index < -0.39 is 0 Å². The summed E-state index contributed by atoms with van der Waals surface area (Å²) in [5.74, 6) is 1.50. The number of hydrogen-bond donors (Lipinski definition) is 2. The first-order chi connectivity index (χ1) is 12.1. The van der Waals surface area contributed by atoms with E-state index in [1.54, 1.807) is 0 Å². The molecule has 2 fully saturated rings. The number of aryl methyl sites for hydroxylation is 1. The van der Waals surface area contributed by atoms with Crippen molar-refractivity contribution in [1.29, 1.82) is 0 Å². The Labute approximate surface area is 178 Å². The predicted molar refractivity (Wildman–Crippen MR) is 120 cm³/mol. The number of halogens is 2. The number of guanidine groups is 1. The first-order valence-electron chi connectivity index (χ1n) is 9.29. The van der Waals surface area contributed by atoms with Crippen LogP contribution < -0.4 is 10.2 Å². The maximum Gasteiger partial charge on any atom is 0.194 e. The Morgan fingerprint density at radius 1 is 1.31 bits per heavy atom. The quantitative estimate of drug-likeness (QED) is 0.385. The van der Waals surface area contributed by atoms with Crippen molar-refractivity contribution in [3.63, 3.8) is 0 Å². The van der Waals surface area contributed by atoms with Crippen LogP contribution in [0.5, 0.6) is 0 Å². The second-order valence-electron chi connectivity index (χ2n) is 7.11. The van der Waals surface area contributed by atoms with Crippen LogP contribution in [0.3, 0.4) is 0 Å². The maximum atomic E-state index is 9.76. The van der Waals surface area contributed by atoms with Gasteiger partial charge in [-0.25, -0.2) is 0 Å². The molecule has 2 aliphatic rings. The SMILES string of the molecule is CCNC(=NCC1CCN(c2cc(Cl)ccc2C)C1)N1CC[C@@H](O)C1.I. The number of aliphatic hydroxyl groups is 1. The largest absolute Gasteiger partial charge is 0.391 e. The zero-order valence-corrected chi connectivity index (χ0v) is 18.7. The third-order valence-electron chi connectivity index (χ3n) is 5.09. The monoisotopic (exact) mass is 492 g/mol. The van der Waals surface area contributed by atoms with Crippen molar-refractivity contribution >= 4 is 47.2 Å². The number of aliphatic imine (C=N–C) groups is 1. The van der Waals surface area contributed by atoms with E-state index in [-0.39, 0.29) is 30.1 Å². The number of anilines is 1. The molecule has 2 atom stereocenters. The lowest BCUT2D eigenvalue weighted by Gasteiger charge is -2.22. The van der Waals surface area contributed by atoms with Crippen LogP contribution in [0, 0.1) is 12.8 Å². The molecule has 1 aromatic carbocycles. The van der Waals surface area contributed by atoms with Crippen LogP contribution in [0.1, 0.15) is 25.3 Å². The first kappa shape index (κ1) is 21.6. The van der Waals surface area contributed by atoms with Gasteiger partial charge in [-0.05, 0) is 50.3 Å². The van der Waals surface area contributed by atoms with E-state index in [0.29, 0.717) is 12.5 Å². The lowest BCUT2D eigenvalue weighted by Crippen LogP contribution is -2.40. The topological polar surface area (TPSA) is 51.1 Å². The molecule has 5 nitrogen and oxygen atoms in total. The Morgan fingerprint density at radius 2 is 2.12 bits per heavy atom. The zero-order chi connectivity index (χ0) is 17.8. The Hall–Kier alpha value is -0.730. The highest BCUT2D eigenvalue weighted by atomic mass is 127. The van der Waals surface area contributed by atoms with Crippen LogP contribution in [0.15, 0.2) is 23.2 Å². The smallest absolute Gasteiger partial charge is 0.194 e. The fraction of sp³-hybridized carbons (Fsp3) is 0.632. The number of β-amino-alcohol motifs (C(OH)–C–C–N with tert-alkyl or cyclic N) is 1. The number of likely N-dealkylation sites (tertiary alicyclic amines) is 1. The van der Waals surface area contributed by atoms with Gasteiger partial charge in [-0.15, -0.1) is 24.0 Å². The minimum atomic E-state index is -0.225. The summed E-state index contributed by atoms with van der Waals surface area (Å²) in [6.45, 7) is 9.54. The molecule has 1 aromatic rings. The van der Waals surface area contributed by atoms with Gasteiger partial charge in [0.15, 0.2) is 5.96 Å². The molecule has 2 N–H and O–H groups in total. The third-order valence-corrected chi connectivity index (χ3v) is 5.33. The van der Waals surface area contributed by atoms with Crippen LogP contribution in [0.25, 0.3) is 0 Å². The van der Waals surface area contributed by atoms with Gasteiger partial charge in [-0.2, -0.15) is 0 Å². The Morgan fingerprint density at radius 3 is 2.81 bits per heavy atom.